The normalized spacial score (nSPS) is 15.7. The van der Waals surface area contributed by atoms with Crippen LogP contribution in [0.3, 0.4) is 0 Å². The Balaban J connectivity index is 1.54. The Kier molecular flexibility index (Phi) is 5.25. The Bertz CT molecular complexity index is 965. The van der Waals surface area contributed by atoms with E-state index in [1.807, 2.05) is 24.4 Å². The first-order chi connectivity index (χ1) is 13.7. The zero-order chi connectivity index (χ0) is 19.5. The molecule has 1 fully saturated rings. The van der Waals surface area contributed by atoms with Gasteiger partial charge in [0, 0.05) is 31.4 Å². The molecule has 3 N–H and O–H groups in total. The number of nitrogens with zero attached hydrogens (tertiary/aromatic N) is 4. The van der Waals surface area contributed by atoms with Gasteiger partial charge in [0.25, 0.3) is 5.91 Å². The number of amides is 1. The van der Waals surface area contributed by atoms with Crippen molar-refractivity contribution in [3.8, 4) is 11.4 Å². The van der Waals surface area contributed by atoms with E-state index in [4.69, 9.17) is 5.73 Å². The molecule has 3 aromatic rings. The minimum absolute atomic E-state index is 0.422. The number of nitrogens with one attached hydrogen (secondary N) is 1. The van der Waals surface area contributed by atoms with E-state index < -0.39 is 5.91 Å². The lowest BCUT2D eigenvalue weighted by molar-refractivity contribution is 0.100. The van der Waals surface area contributed by atoms with Crippen LogP contribution in [0.4, 0.5) is 5.82 Å². The highest BCUT2D eigenvalue weighted by Crippen LogP contribution is 2.24. The number of nitrogens with two attached hydrogens (primary N) is 1. The third-order valence-corrected chi connectivity index (χ3v) is 5.25. The molecular weight excluding hydrogens is 352 g/mol. The lowest BCUT2D eigenvalue weighted by Gasteiger charge is -2.22. The van der Waals surface area contributed by atoms with Crippen molar-refractivity contribution >= 4 is 22.8 Å². The van der Waals surface area contributed by atoms with E-state index in [0.29, 0.717) is 16.9 Å². The fourth-order valence-electron chi connectivity index (χ4n) is 3.82. The second-order valence-corrected chi connectivity index (χ2v) is 7.24. The molecule has 7 nitrogen and oxygen atoms in total. The Morgan fingerprint density at radius 1 is 1.18 bits per heavy atom. The van der Waals surface area contributed by atoms with Crippen molar-refractivity contribution in [1.29, 1.82) is 0 Å². The van der Waals surface area contributed by atoms with Crippen molar-refractivity contribution in [2.75, 3.05) is 37.6 Å². The molecule has 0 radical (unpaired) electrons. The van der Waals surface area contributed by atoms with Gasteiger partial charge >= 0.3 is 0 Å². The number of hydrogen-bond donors (Lipinski definition) is 2. The molecule has 1 aromatic carbocycles. The zero-order valence-corrected chi connectivity index (χ0v) is 16.2. The van der Waals surface area contributed by atoms with Crippen molar-refractivity contribution in [2.24, 2.45) is 5.73 Å². The number of para-hydroxylation sites is 1. The molecule has 2 aromatic heterocycles. The fourth-order valence-corrected chi connectivity index (χ4v) is 3.82. The van der Waals surface area contributed by atoms with Crippen LogP contribution in [0.25, 0.3) is 22.4 Å². The van der Waals surface area contributed by atoms with Crippen molar-refractivity contribution in [3.63, 3.8) is 0 Å². The van der Waals surface area contributed by atoms with E-state index in [-0.39, 0.29) is 0 Å². The molecule has 0 aliphatic carbocycles. The van der Waals surface area contributed by atoms with Gasteiger partial charge in [0.05, 0.1) is 11.1 Å². The number of aromatic amines is 1. The maximum atomic E-state index is 11.6. The number of imidazole rings is 1. The zero-order valence-electron chi connectivity index (χ0n) is 16.2. The topological polar surface area (TPSA) is 91.1 Å². The number of carbonyl (C=O) groups is 1. The lowest BCUT2D eigenvalue weighted by atomic mass is 10.2. The summed E-state index contributed by atoms with van der Waals surface area (Å²) in [7, 11) is 0. The molecule has 1 amide bonds. The van der Waals surface area contributed by atoms with Gasteiger partial charge < -0.3 is 20.5 Å². The fraction of sp³-hybridized carbons (Fsp3) is 0.381. The molecule has 146 valence electrons. The summed E-state index contributed by atoms with van der Waals surface area (Å²) in [5.74, 6) is 1.21. The molecule has 1 aliphatic rings. The predicted molar refractivity (Wildman–Crippen MR) is 111 cm³/mol. The Labute approximate surface area is 164 Å². The summed E-state index contributed by atoms with van der Waals surface area (Å²) in [4.78, 5) is 29.0. The summed E-state index contributed by atoms with van der Waals surface area (Å²) in [5.41, 5.74) is 8.15. The number of aromatic nitrogens is 3. The number of fused-ring (bicyclic) bond motifs is 1. The lowest BCUT2D eigenvalue weighted by Crippen LogP contribution is -2.31. The molecule has 0 atom stereocenters. The largest absolute Gasteiger partial charge is 0.366 e. The average Bonchev–Trinajstić information content (AvgIpc) is 3.01. The second kappa shape index (κ2) is 7.98. The van der Waals surface area contributed by atoms with Crippen LogP contribution in [-0.2, 0) is 0 Å². The molecule has 4 rings (SSSR count). The molecule has 0 saturated carbocycles. The van der Waals surface area contributed by atoms with Crippen LogP contribution in [0, 0.1) is 0 Å². The van der Waals surface area contributed by atoms with Gasteiger partial charge in [-0.25, -0.2) is 9.97 Å². The second-order valence-electron chi connectivity index (χ2n) is 7.24. The van der Waals surface area contributed by atoms with Crippen LogP contribution in [-0.4, -0.2) is 58.5 Å². The van der Waals surface area contributed by atoms with Gasteiger partial charge in [-0.2, -0.15) is 0 Å². The number of carbonyl (C=O) groups excluding carboxylic acids is 1. The average molecular weight is 378 g/mol. The molecule has 3 heterocycles. The van der Waals surface area contributed by atoms with E-state index in [1.165, 1.54) is 13.0 Å². The van der Waals surface area contributed by atoms with E-state index in [2.05, 4.69) is 31.7 Å². The molecule has 0 spiro atoms. The third-order valence-electron chi connectivity index (χ3n) is 5.25. The SMILES string of the molecule is CCCN1CCCN(c2ccc(-c3nc4c(C(N)=O)cccc4[nH]3)cn2)CC1. The van der Waals surface area contributed by atoms with E-state index in [9.17, 15) is 4.79 Å². The van der Waals surface area contributed by atoms with E-state index in [1.54, 1.807) is 12.1 Å². The summed E-state index contributed by atoms with van der Waals surface area (Å²) >= 11 is 0. The number of pyridine rings is 1. The summed E-state index contributed by atoms with van der Waals surface area (Å²) < 4.78 is 0. The molecule has 0 bridgehead atoms. The summed E-state index contributed by atoms with van der Waals surface area (Å²) in [6.07, 6.45) is 4.19. The Morgan fingerprint density at radius 2 is 2.07 bits per heavy atom. The third kappa shape index (κ3) is 3.71. The van der Waals surface area contributed by atoms with Gasteiger partial charge in [-0.05, 0) is 50.2 Å². The molecule has 7 heteroatoms. The number of H-pyrrole nitrogens is 1. The van der Waals surface area contributed by atoms with Crippen LogP contribution >= 0.6 is 0 Å². The minimum atomic E-state index is -0.476. The smallest absolute Gasteiger partial charge is 0.250 e. The molecular formula is C21H26N6O. The summed E-state index contributed by atoms with van der Waals surface area (Å²) in [6.45, 7) is 7.66. The maximum absolute atomic E-state index is 11.6. The number of primary amides is 1. The maximum Gasteiger partial charge on any atom is 0.250 e. The molecule has 28 heavy (non-hydrogen) atoms. The minimum Gasteiger partial charge on any atom is -0.366 e. The van der Waals surface area contributed by atoms with Crippen LogP contribution in [0.5, 0.6) is 0 Å². The van der Waals surface area contributed by atoms with Crippen LogP contribution in [0.1, 0.15) is 30.1 Å². The van der Waals surface area contributed by atoms with Gasteiger partial charge in [0.1, 0.15) is 17.2 Å². The highest BCUT2D eigenvalue weighted by Gasteiger charge is 2.16. The van der Waals surface area contributed by atoms with E-state index >= 15 is 0 Å². The first kappa shape index (κ1) is 18.4. The molecule has 1 aliphatic heterocycles. The number of rotatable bonds is 5. The Morgan fingerprint density at radius 3 is 2.82 bits per heavy atom. The number of anilines is 1. The number of hydrogen-bond acceptors (Lipinski definition) is 5. The molecule has 1 saturated heterocycles. The van der Waals surface area contributed by atoms with Gasteiger partial charge in [0.15, 0.2) is 0 Å². The van der Waals surface area contributed by atoms with Crippen molar-refractivity contribution < 1.29 is 4.79 Å². The van der Waals surface area contributed by atoms with Crippen molar-refractivity contribution in [3.05, 3.63) is 42.1 Å². The predicted octanol–water partition coefficient (Wildman–Crippen LogP) is 2.65. The first-order valence-corrected chi connectivity index (χ1v) is 9.88. The quantitative estimate of drug-likeness (QED) is 0.712. The van der Waals surface area contributed by atoms with Crippen LogP contribution in [0.15, 0.2) is 36.5 Å². The van der Waals surface area contributed by atoms with Gasteiger partial charge in [-0.15, -0.1) is 0 Å². The van der Waals surface area contributed by atoms with Crippen LogP contribution in [0.2, 0.25) is 0 Å². The monoisotopic (exact) mass is 378 g/mol. The van der Waals surface area contributed by atoms with Gasteiger partial charge in [-0.1, -0.05) is 13.0 Å². The highest BCUT2D eigenvalue weighted by molar-refractivity contribution is 6.04. The Hall–Kier alpha value is -2.93. The first-order valence-electron chi connectivity index (χ1n) is 9.88. The standard InChI is InChI=1S/C21H26N6O/c1-2-9-26-10-4-11-27(13-12-26)18-8-7-15(14-23-18)21-24-17-6-3-5-16(20(22)28)19(17)25-21/h3,5-8,14H,2,4,9-13H2,1H3,(H2,22,28)(H,24,25). The highest BCUT2D eigenvalue weighted by atomic mass is 16.1. The van der Waals surface area contributed by atoms with Crippen LogP contribution < -0.4 is 10.6 Å². The van der Waals surface area contributed by atoms with Gasteiger partial charge in [0.2, 0.25) is 0 Å². The van der Waals surface area contributed by atoms with Crippen molar-refractivity contribution in [2.45, 2.75) is 19.8 Å². The molecule has 0 unspecified atom stereocenters. The summed E-state index contributed by atoms with van der Waals surface area (Å²) in [6, 6.07) is 9.45. The van der Waals surface area contributed by atoms with E-state index in [0.717, 1.165) is 49.5 Å². The summed E-state index contributed by atoms with van der Waals surface area (Å²) in [5, 5.41) is 0. The van der Waals surface area contributed by atoms with Gasteiger partial charge in [-0.3, -0.25) is 4.79 Å². The number of benzene rings is 1. The van der Waals surface area contributed by atoms with Crippen molar-refractivity contribution in [1.82, 2.24) is 19.9 Å².